The highest BCUT2D eigenvalue weighted by Crippen LogP contribution is 2.18. The van der Waals surface area contributed by atoms with Crippen LogP contribution in [-0.4, -0.2) is 55.2 Å². The molecule has 1 amide bonds. The van der Waals surface area contributed by atoms with Crippen LogP contribution in [0.2, 0.25) is 0 Å². The fourth-order valence-corrected chi connectivity index (χ4v) is 2.51. The molecule has 0 bridgehead atoms. The Balaban J connectivity index is 2.27. The summed E-state index contributed by atoms with van der Waals surface area (Å²) in [7, 11) is 0. The number of nitrogens with zero attached hydrogens (tertiary/aromatic N) is 5. The lowest BCUT2D eigenvalue weighted by molar-refractivity contribution is -0.139. The van der Waals surface area contributed by atoms with Gasteiger partial charge in [-0.15, -0.1) is 5.10 Å². The highest BCUT2D eigenvalue weighted by Gasteiger charge is 2.28. The lowest BCUT2D eigenvalue weighted by Gasteiger charge is -2.26. The van der Waals surface area contributed by atoms with E-state index in [9.17, 15) is 14.0 Å². The SMILES string of the molecule is CCN(CCC(=O)O)C(=O)C(Cc1ccc(F)cc1)n1nnnc1C. The number of hydrogen-bond donors (Lipinski definition) is 1. The second-order valence-corrected chi connectivity index (χ2v) is 5.58. The van der Waals surface area contributed by atoms with Crippen LogP contribution in [0.3, 0.4) is 0 Å². The molecular weight excluding hydrogens is 329 g/mol. The van der Waals surface area contributed by atoms with Gasteiger partial charge < -0.3 is 10.0 Å². The fourth-order valence-electron chi connectivity index (χ4n) is 2.51. The summed E-state index contributed by atoms with van der Waals surface area (Å²) in [6.07, 6.45) is 0.131. The number of aliphatic carboxylic acids is 1. The number of benzene rings is 1. The molecule has 0 aliphatic heterocycles. The normalized spacial score (nSPS) is 12.0. The molecule has 0 aliphatic rings. The van der Waals surface area contributed by atoms with Gasteiger partial charge >= 0.3 is 5.97 Å². The van der Waals surface area contributed by atoms with E-state index in [-0.39, 0.29) is 31.1 Å². The number of aromatic nitrogens is 4. The van der Waals surface area contributed by atoms with Gasteiger partial charge in [-0.25, -0.2) is 9.07 Å². The van der Waals surface area contributed by atoms with Crippen LogP contribution in [0, 0.1) is 12.7 Å². The van der Waals surface area contributed by atoms with Crippen LogP contribution in [-0.2, 0) is 16.0 Å². The van der Waals surface area contributed by atoms with Crippen molar-refractivity contribution in [1.29, 1.82) is 0 Å². The van der Waals surface area contributed by atoms with Gasteiger partial charge in [-0.2, -0.15) is 0 Å². The number of carboxylic acid groups (broad SMARTS) is 1. The summed E-state index contributed by atoms with van der Waals surface area (Å²) in [6.45, 7) is 3.93. The van der Waals surface area contributed by atoms with E-state index < -0.39 is 12.0 Å². The average Bonchev–Trinajstić information content (AvgIpc) is 3.00. The first-order valence-corrected chi connectivity index (χ1v) is 7.91. The molecule has 9 heteroatoms. The third-order valence-corrected chi connectivity index (χ3v) is 3.87. The van der Waals surface area contributed by atoms with Crippen molar-refractivity contribution in [3.63, 3.8) is 0 Å². The van der Waals surface area contributed by atoms with Gasteiger partial charge in [0.15, 0.2) is 0 Å². The average molecular weight is 349 g/mol. The Labute approximate surface area is 144 Å². The number of likely N-dealkylation sites (N-methyl/N-ethyl adjacent to an activating group) is 1. The monoisotopic (exact) mass is 349 g/mol. The van der Waals surface area contributed by atoms with Crippen LogP contribution >= 0.6 is 0 Å². The topological polar surface area (TPSA) is 101 Å². The molecule has 1 atom stereocenters. The Bertz CT molecular complexity index is 732. The van der Waals surface area contributed by atoms with Crippen molar-refractivity contribution < 1.29 is 19.1 Å². The number of aryl methyl sites for hydroxylation is 1. The highest BCUT2D eigenvalue weighted by atomic mass is 19.1. The zero-order chi connectivity index (χ0) is 18.4. The largest absolute Gasteiger partial charge is 0.481 e. The number of rotatable bonds is 8. The van der Waals surface area contributed by atoms with Gasteiger partial charge in [-0.1, -0.05) is 12.1 Å². The van der Waals surface area contributed by atoms with Gasteiger partial charge in [-0.3, -0.25) is 9.59 Å². The van der Waals surface area contributed by atoms with E-state index in [4.69, 9.17) is 5.11 Å². The standard InChI is InChI=1S/C16H20FN5O3/c1-3-21(9-8-15(23)24)16(25)14(22-11(2)18-19-20-22)10-12-4-6-13(17)7-5-12/h4-7,14H,3,8-10H2,1-2H3,(H,23,24). The molecule has 25 heavy (non-hydrogen) atoms. The zero-order valence-corrected chi connectivity index (χ0v) is 14.1. The van der Waals surface area contributed by atoms with Crippen molar-refractivity contribution in [2.45, 2.75) is 32.7 Å². The van der Waals surface area contributed by atoms with Gasteiger partial charge in [0.25, 0.3) is 0 Å². The second kappa shape index (κ2) is 8.32. The molecule has 1 unspecified atom stereocenters. The fraction of sp³-hybridized carbons (Fsp3) is 0.438. The predicted octanol–water partition coefficient (Wildman–Crippen LogP) is 1.23. The number of carbonyl (C=O) groups is 2. The van der Waals surface area contributed by atoms with E-state index >= 15 is 0 Å². The molecule has 0 saturated carbocycles. The van der Waals surface area contributed by atoms with E-state index in [1.54, 1.807) is 26.0 Å². The molecule has 0 radical (unpaired) electrons. The Morgan fingerprint density at radius 3 is 2.52 bits per heavy atom. The maximum Gasteiger partial charge on any atom is 0.305 e. The first-order chi connectivity index (χ1) is 11.9. The van der Waals surface area contributed by atoms with Crippen LogP contribution < -0.4 is 0 Å². The van der Waals surface area contributed by atoms with E-state index in [2.05, 4.69) is 15.5 Å². The molecule has 1 aromatic carbocycles. The molecule has 1 N–H and O–H groups in total. The highest BCUT2D eigenvalue weighted by molar-refractivity contribution is 5.81. The Morgan fingerprint density at radius 1 is 1.32 bits per heavy atom. The molecule has 2 rings (SSSR count). The number of carboxylic acids is 1. The van der Waals surface area contributed by atoms with E-state index in [1.165, 1.54) is 21.7 Å². The number of tetrazole rings is 1. The van der Waals surface area contributed by atoms with E-state index in [0.717, 1.165) is 5.56 Å². The molecule has 1 heterocycles. The van der Waals surface area contributed by atoms with E-state index in [1.807, 2.05) is 0 Å². The molecule has 0 spiro atoms. The molecular formula is C16H20FN5O3. The minimum absolute atomic E-state index is 0.103. The van der Waals surface area contributed by atoms with Crippen molar-refractivity contribution in [2.24, 2.45) is 0 Å². The van der Waals surface area contributed by atoms with Crippen molar-refractivity contribution in [3.8, 4) is 0 Å². The molecule has 0 saturated heterocycles. The maximum absolute atomic E-state index is 13.1. The van der Waals surface area contributed by atoms with Crippen LogP contribution in [0.5, 0.6) is 0 Å². The Hall–Kier alpha value is -2.84. The second-order valence-electron chi connectivity index (χ2n) is 5.58. The summed E-state index contributed by atoms with van der Waals surface area (Å²) < 4.78 is 14.5. The number of carbonyl (C=O) groups excluding carboxylic acids is 1. The van der Waals surface area contributed by atoms with Crippen molar-refractivity contribution in [2.75, 3.05) is 13.1 Å². The summed E-state index contributed by atoms with van der Waals surface area (Å²) in [5.41, 5.74) is 0.754. The first kappa shape index (κ1) is 18.5. The summed E-state index contributed by atoms with van der Waals surface area (Å²) in [4.78, 5) is 25.2. The molecule has 0 fully saturated rings. The van der Waals surface area contributed by atoms with Crippen LogP contribution in [0.1, 0.15) is 30.8 Å². The number of hydrogen-bond acceptors (Lipinski definition) is 5. The van der Waals surface area contributed by atoms with Gasteiger partial charge in [-0.05, 0) is 42.0 Å². The third-order valence-electron chi connectivity index (χ3n) is 3.87. The van der Waals surface area contributed by atoms with Gasteiger partial charge in [0.1, 0.15) is 17.7 Å². The van der Waals surface area contributed by atoms with Gasteiger partial charge in [0.05, 0.1) is 6.42 Å². The molecule has 1 aromatic heterocycles. The van der Waals surface area contributed by atoms with Crippen LogP contribution in [0.25, 0.3) is 0 Å². The maximum atomic E-state index is 13.1. The first-order valence-electron chi connectivity index (χ1n) is 7.91. The predicted molar refractivity (Wildman–Crippen MR) is 86.2 cm³/mol. The van der Waals surface area contributed by atoms with Crippen molar-refractivity contribution in [3.05, 3.63) is 41.5 Å². The van der Waals surface area contributed by atoms with E-state index in [0.29, 0.717) is 12.4 Å². The summed E-state index contributed by atoms with van der Waals surface area (Å²) in [5, 5.41) is 20.1. The minimum Gasteiger partial charge on any atom is -0.481 e. The third kappa shape index (κ3) is 4.82. The molecule has 0 aliphatic carbocycles. The Morgan fingerprint density at radius 2 is 2.00 bits per heavy atom. The lowest BCUT2D eigenvalue weighted by atomic mass is 10.0. The molecule has 2 aromatic rings. The molecule has 8 nitrogen and oxygen atoms in total. The number of halogens is 1. The lowest BCUT2D eigenvalue weighted by Crippen LogP contribution is -2.40. The Kier molecular flexibility index (Phi) is 6.15. The minimum atomic E-state index is -0.972. The van der Waals surface area contributed by atoms with Gasteiger partial charge in [0, 0.05) is 19.5 Å². The smallest absolute Gasteiger partial charge is 0.305 e. The van der Waals surface area contributed by atoms with Crippen molar-refractivity contribution >= 4 is 11.9 Å². The van der Waals surface area contributed by atoms with Crippen LogP contribution in [0.15, 0.2) is 24.3 Å². The summed E-state index contributed by atoms with van der Waals surface area (Å²) in [6, 6.07) is 5.12. The van der Waals surface area contributed by atoms with Crippen molar-refractivity contribution in [1.82, 2.24) is 25.1 Å². The van der Waals surface area contributed by atoms with Crippen LogP contribution in [0.4, 0.5) is 4.39 Å². The number of amides is 1. The summed E-state index contributed by atoms with van der Waals surface area (Å²) >= 11 is 0. The van der Waals surface area contributed by atoms with Gasteiger partial charge in [0.2, 0.25) is 5.91 Å². The quantitative estimate of drug-likeness (QED) is 0.769. The summed E-state index contributed by atoms with van der Waals surface area (Å²) in [5.74, 6) is -1.14. The zero-order valence-electron chi connectivity index (χ0n) is 14.1. The molecule has 134 valence electrons.